The number of amides is 2. The highest BCUT2D eigenvalue weighted by Crippen LogP contribution is 2.27. The molecule has 2 amide bonds. The average molecular weight is 432 g/mol. The number of piperidine rings is 1. The molecule has 2 fully saturated rings. The van der Waals surface area contributed by atoms with Crippen molar-refractivity contribution >= 4 is 31.5 Å². The number of benzene rings is 1. The average Bonchev–Trinajstić information content (AvgIpc) is 3.02. The van der Waals surface area contributed by atoms with E-state index in [1.54, 1.807) is 0 Å². The maximum absolute atomic E-state index is 14.3. The van der Waals surface area contributed by atoms with E-state index >= 15 is 0 Å². The van der Waals surface area contributed by atoms with Crippen LogP contribution in [0.25, 0.3) is 0 Å². The van der Waals surface area contributed by atoms with Crippen LogP contribution in [0.15, 0.2) is 23.1 Å². The van der Waals surface area contributed by atoms with Gasteiger partial charge < -0.3 is 10.6 Å². The zero-order chi connectivity index (χ0) is 20.7. The first kappa shape index (κ1) is 20.7. The fourth-order valence-corrected chi connectivity index (χ4v) is 7.96. The van der Waals surface area contributed by atoms with Crippen LogP contribution in [0.4, 0.5) is 4.39 Å². The summed E-state index contributed by atoms with van der Waals surface area (Å²) in [6.07, 6.45) is 0.702. The second-order valence-corrected chi connectivity index (χ2v) is 11.6. The fraction of sp³-hybridized carbons (Fsp3) is 0.529. The number of hydrogen-bond donors (Lipinski definition) is 1. The zero-order valence-corrected chi connectivity index (χ0v) is 16.6. The van der Waals surface area contributed by atoms with E-state index in [0.29, 0.717) is 12.8 Å². The molecular weight excluding hydrogens is 411 g/mol. The Kier molecular flexibility index (Phi) is 5.50. The molecule has 8 nitrogen and oxygen atoms in total. The molecule has 154 valence electrons. The van der Waals surface area contributed by atoms with Crippen molar-refractivity contribution in [1.82, 2.24) is 4.90 Å². The van der Waals surface area contributed by atoms with Gasteiger partial charge in [-0.15, -0.1) is 0 Å². The van der Waals surface area contributed by atoms with Gasteiger partial charge in [0.25, 0.3) is 5.91 Å². The van der Waals surface area contributed by atoms with Crippen LogP contribution in [-0.2, 0) is 24.5 Å². The maximum atomic E-state index is 14.3. The van der Waals surface area contributed by atoms with Crippen molar-refractivity contribution in [2.75, 3.05) is 24.6 Å². The minimum absolute atomic E-state index is 0.0219. The quantitative estimate of drug-likeness (QED) is 0.673. The van der Waals surface area contributed by atoms with E-state index in [1.807, 2.05) is 0 Å². The molecule has 0 saturated carbocycles. The lowest BCUT2D eigenvalue weighted by Crippen LogP contribution is -2.42. The molecule has 28 heavy (non-hydrogen) atoms. The van der Waals surface area contributed by atoms with Crippen molar-refractivity contribution in [3.8, 4) is 0 Å². The van der Waals surface area contributed by atoms with Gasteiger partial charge in [0.05, 0.1) is 27.2 Å². The molecule has 0 bridgehead atoms. The van der Waals surface area contributed by atoms with Gasteiger partial charge in [0.2, 0.25) is 5.91 Å². The molecule has 0 unspecified atom stereocenters. The largest absolute Gasteiger partial charge is 0.369 e. The maximum Gasteiger partial charge on any atom is 0.256 e. The molecule has 0 aliphatic carbocycles. The number of hydrogen-bond acceptors (Lipinski definition) is 6. The topological polar surface area (TPSA) is 132 Å². The molecule has 1 atom stereocenters. The van der Waals surface area contributed by atoms with E-state index in [1.165, 1.54) is 4.90 Å². The minimum atomic E-state index is -4.01. The zero-order valence-electron chi connectivity index (χ0n) is 15.0. The predicted molar refractivity (Wildman–Crippen MR) is 98.5 cm³/mol. The molecule has 2 aliphatic heterocycles. The molecule has 2 heterocycles. The van der Waals surface area contributed by atoms with E-state index in [2.05, 4.69) is 0 Å². The third-order valence-corrected chi connectivity index (χ3v) is 9.48. The SMILES string of the molecule is NC(=O)C1CCN(C(=O)c2cc(S(=O)(=O)[C@@H]3CCS(=O)(=O)C3)ccc2F)CC1. The Morgan fingerprint density at radius 1 is 1.14 bits per heavy atom. The molecule has 11 heteroatoms. The summed E-state index contributed by atoms with van der Waals surface area (Å²) in [6.45, 7) is 0.424. The highest BCUT2D eigenvalue weighted by atomic mass is 32.2. The van der Waals surface area contributed by atoms with Gasteiger partial charge in [0.1, 0.15) is 5.82 Å². The number of nitrogens with zero attached hydrogens (tertiary/aromatic N) is 1. The highest BCUT2D eigenvalue weighted by molar-refractivity contribution is 7.96. The standard InChI is InChI=1S/C17H21FN2O6S2/c18-15-2-1-12(28(25,26)13-5-8-27(23,24)10-13)9-14(15)17(22)20-6-3-11(4-7-20)16(19)21/h1-2,9,11,13H,3-8,10H2,(H2,19,21)/t13-/m1/s1. The molecular formula is C17H21FN2O6S2. The Balaban J connectivity index is 1.84. The van der Waals surface area contributed by atoms with Crippen LogP contribution in [0.1, 0.15) is 29.6 Å². The normalized spacial score (nSPS) is 22.9. The van der Waals surface area contributed by atoms with Crippen molar-refractivity contribution < 1.29 is 30.8 Å². The summed E-state index contributed by atoms with van der Waals surface area (Å²) >= 11 is 0. The molecule has 2 aliphatic rings. The van der Waals surface area contributed by atoms with Crippen LogP contribution in [0.3, 0.4) is 0 Å². The summed E-state index contributed by atoms with van der Waals surface area (Å²) in [5, 5.41) is -1.10. The third-order valence-electron chi connectivity index (χ3n) is 5.31. The Labute approximate surface area is 162 Å². The van der Waals surface area contributed by atoms with Crippen LogP contribution in [0.2, 0.25) is 0 Å². The van der Waals surface area contributed by atoms with Crippen LogP contribution in [0.5, 0.6) is 0 Å². The Morgan fingerprint density at radius 2 is 1.79 bits per heavy atom. The first-order chi connectivity index (χ1) is 13.0. The number of halogens is 1. The second kappa shape index (κ2) is 7.43. The minimum Gasteiger partial charge on any atom is -0.369 e. The summed E-state index contributed by atoms with van der Waals surface area (Å²) in [5.74, 6) is -3.01. The van der Waals surface area contributed by atoms with Gasteiger partial charge in [0.15, 0.2) is 19.7 Å². The molecule has 0 aromatic heterocycles. The number of primary amides is 1. The van der Waals surface area contributed by atoms with Crippen LogP contribution < -0.4 is 5.73 Å². The lowest BCUT2D eigenvalue weighted by Gasteiger charge is -2.30. The van der Waals surface area contributed by atoms with E-state index < -0.39 is 48.3 Å². The lowest BCUT2D eigenvalue weighted by molar-refractivity contribution is -0.123. The van der Waals surface area contributed by atoms with Crippen molar-refractivity contribution in [2.24, 2.45) is 11.7 Å². The monoisotopic (exact) mass is 432 g/mol. The van der Waals surface area contributed by atoms with Crippen LogP contribution in [0, 0.1) is 11.7 Å². The molecule has 1 aromatic rings. The van der Waals surface area contributed by atoms with Crippen molar-refractivity contribution in [2.45, 2.75) is 29.4 Å². The van der Waals surface area contributed by atoms with E-state index in [9.17, 15) is 30.8 Å². The van der Waals surface area contributed by atoms with Crippen molar-refractivity contribution in [3.63, 3.8) is 0 Å². The number of nitrogens with two attached hydrogens (primary N) is 1. The smallest absolute Gasteiger partial charge is 0.256 e. The van der Waals surface area contributed by atoms with Gasteiger partial charge in [-0.25, -0.2) is 21.2 Å². The number of carbonyl (C=O) groups is 2. The van der Waals surface area contributed by atoms with Crippen LogP contribution in [-0.4, -0.2) is 63.4 Å². The van der Waals surface area contributed by atoms with E-state index in [4.69, 9.17) is 5.73 Å². The number of likely N-dealkylation sites (tertiary alicyclic amines) is 1. The molecule has 2 saturated heterocycles. The van der Waals surface area contributed by atoms with Gasteiger partial charge >= 0.3 is 0 Å². The van der Waals surface area contributed by atoms with Crippen molar-refractivity contribution in [1.29, 1.82) is 0 Å². The van der Waals surface area contributed by atoms with Crippen molar-refractivity contribution in [3.05, 3.63) is 29.6 Å². The summed E-state index contributed by atoms with van der Waals surface area (Å²) in [4.78, 5) is 25.0. The number of sulfone groups is 2. The van der Waals surface area contributed by atoms with Gasteiger partial charge in [-0.3, -0.25) is 9.59 Å². The summed E-state index contributed by atoms with van der Waals surface area (Å²) < 4.78 is 63.0. The Morgan fingerprint density at radius 3 is 2.32 bits per heavy atom. The Bertz CT molecular complexity index is 1010. The first-order valence-corrected chi connectivity index (χ1v) is 12.2. The summed E-state index contributed by atoms with van der Waals surface area (Å²) in [6, 6.07) is 2.92. The second-order valence-electron chi connectivity index (χ2n) is 7.18. The molecule has 2 N–H and O–H groups in total. The number of carbonyl (C=O) groups excluding carboxylic acids is 2. The highest BCUT2D eigenvalue weighted by Gasteiger charge is 2.38. The third kappa shape index (κ3) is 4.04. The Hall–Kier alpha value is -2.01. The van der Waals surface area contributed by atoms with Gasteiger partial charge in [-0.05, 0) is 37.5 Å². The van der Waals surface area contributed by atoms with Gasteiger partial charge in [0, 0.05) is 19.0 Å². The number of rotatable bonds is 4. The molecule has 1 aromatic carbocycles. The molecule has 0 radical (unpaired) electrons. The lowest BCUT2D eigenvalue weighted by atomic mass is 9.96. The van der Waals surface area contributed by atoms with Crippen LogP contribution >= 0.6 is 0 Å². The fourth-order valence-electron chi connectivity index (χ4n) is 3.58. The predicted octanol–water partition coefficient (Wildman–Crippen LogP) is 0.124. The molecule has 3 rings (SSSR count). The van der Waals surface area contributed by atoms with Gasteiger partial charge in [-0.2, -0.15) is 0 Å². The molecule has 0 spiro atoms. The summed E-state index contributed by atoms with van der Waals surface area (Å²) in [7, 11) is -7.43. The van der Waals surface area contributed by atoms with Gasteiger partial charge in [-0.1, -0.05) is 0 Å². The van der Waals surface area contributed by atoms with E-state index in [-0.39, 0.29) is 41.6 Å². The first-order valence-electron chi connectivity index (χ1n) is 8.84. The summed E-state index contributed by atoms with van der Waals surface area (Å²) in [5.41, 5.74) is 4.87. The van der Waals surface area contributed by atoms with E-state index in [0.717, 1.165) is 18.2 Å².